The molecule has 0 amide bonds. The molecular weight excluding hydrogens is 633 g/mol. The van der Waals surface area contributed by atoms with Gasteiger partial charge in [-0.1, -0.05) is 117 Å². The summed E-state index contributed by atoms with van der Waals surface area (Å²) in [6.07, 6.45) is 0. The van der Waals surface area contributed by atoms with Crippen molar-refractivity contribution in [2.45, 2.75) is 19.3 Å². The Labute approximate surface area is 301 Å². The average molecular weight is 667 g/mol. The van der Waals surface area contributed by atoms with Crippen LogP contribution in [-0.4, -0.2) is 4.57 Å². The second-order valence-corrected chi connectivity index (χ2v) is 14.5. The molecule has 0 spiro atoms. The summed E-state index contributed by atoms with van der Waals surface area (Å²) >= 11 is 0. The standard InChI is InChI=1S/C49H34N2O/c1-49(2)41-28-32(50(31-14-4-3-5-15-31)33-24-26-38-37-19-10-13-23-46(37)52-47(38)29-33)25-27-40(41)48-39-20-7-6-18-36(39)45(30-42(48)49)51-43-21-11-8-16-34(43)35-17-9-12-22-44(35)51/h3-30H,1-2H3. The molecule has 0 aliphatic heterocycles. The van der Waals surface area contributed by atoms with Gasteiger partial charge in [-0.05, 0) is 88.3 Å². The molecule has 0 unspecified atom stereocenters. The first-order valence-corrected chi connectivity index (χ1v) is 18.0. The fourth-order valence-electron chi connectivity index (χ4n) is 8.94. The molecule has 8 aromatic carbocycles. The summed E-state index contributed by atoms with van der Waals surface area (Å²) < 4.78 is 8.85. The fourth-order valence-corrected chi connectivity index (χ4v) is 8.94. The molecule has 0 saturated carbocycles. The molecule has 0 fully saturated rings. The van der Waals surface area contributed by atoms with Crippen LogP contribution in [0.5, 0.6) is 0 Å². The zero-order valence-electron chi connectivity index (χ0n) is 29.0. The van der Waals surface area contributed by atoms with E-state index in [4.69, 9.17) is 4.42 Å². The van der Waals surface area contributed by atoms with Crippen LogP contribution in [0, 0.1) is 0 Å². The van der Waals surface area contributed by atoms with E-state index in [-0.39, 0.29) is 5.41 Å². The Bertz CT molecular complexity index is 3000. The van der Waals surface area contributed by atoms with Crippen LogP contribution >= 0.6 is 0 Å². The molecular formula is C49H34N2O. The van der Waals surface area contributed by atoms with E-state index < -0.39 is 0 Å². The number of anilines is 3. The first-order chi connectivity index (χ1) is 25.6. The van der Waals surface area contributed by atoms with E-state index in [1.165, 1.54) is 60.5 Å². The third kappa shape index (κ3) is 4.02. The van der Waals surface area contributed by atoms with Crippen molar-refractivity contribution in [1.82, 2.24) is 4.57 Å². The number of rotatable bonds is 4. The van der Waals surface area contributed by atoms with Crippen LogP contribution < -0.4 is 4.90 Å². The number of furan rings is 1. The summed E-state index contributed by atoms with van der Waals surface area (Å²) in [4.78, 5) is 2.35. The molecule has 0 N–H and O–H groups in total. The number of hydrogen-bond donors (Lipinski definition) is 0. The second-order valence-electron chi connectivity index (χ2n) is 14.5. The highest BCUT2D eigenvalue weighted by molar-refractivity contribution is 6.13. The minimum absolute atomic E-state index is 0.247. The molecule has 0 atom stereocenters. The summed E-state index contributed by atoms with van der Waals surface area (Å²) in [5, 5.41) is 7.36. The molecule has 10 aromatic rings. The Balaban J connectivity index is 1.12. The van der Waals surface area contributed by atoms with Crippen LogP contribution in [0.25, 0.3) is 71.3 Å². The normalized spacial score (nSPS) is 13.3. The minimum Gasteiger partial charge on any atom is -0.456 e. The molecule has 1 aliphatic carbocycles. The third-order valence-electron chi connectivity index (χ3n) is 11.4. The summed E-state index contributed by atoms with van der Waals surface area (Å²) in [5.41, 5.74) is 13.8. The summed E-state index contributed by atoms with van der Waals surface area (Å²) in [5.74, 6) is 0. The number of fused-ring (bicyclic) bond motifs is 11. The van der Waals surface area contributed by atoms with Crippen LogP contribution in [0.3, 0.4) is 0 Å². The van der Waals surface area contributed by atoms with Gasteiger partial charge >= 0.3 is 0 Å². The Morgan fingerprint density at radius 3 is 1.77 bits per heavy atom. The van der Waals surface area contributed by atoms with Crippen molar-refractivity contribution in [3.63, 3.8) is 0 Å². The summed E-state index contributed by atoms with van der Waals surface area (Å²) in [6, 6.07) is 61.6. The number of benzene rings is 8. The van der Waals surface area contributed by atoms with E-state index in [1.807, 2.05) is 12.1 Å². The lowest BCUT2D eigenvalue weighted by Gasteiger charge is -2.28. The van der Waals surface area contributed by atoms with Crippen LogP contribution in [0.4, 0.5) is 17.1 Å². The molecule has 246 valence electrons. The zero-order valence-corrected chi connectivity index (χ0v) is 29.0. The van der Waals surface area contributed by atoms with E-state index in [9.17, 15) is 0 Å². The molecule has 0 radical (unpaired) electrons. The quantitative estimate of drug-likeness (QED) is 0.186. The monoisotopic (exact) mass is 666 g/mol. The largest absolute Gasteiger partial charge is 0.456 e. The predicted molar refractivity (Wildman–Crippen MR) is 218 cm³/mol. The maximum atomic E-state index is 6.37. The third-order valence-corrected chi connectivity index (χ3v) is 11.4. The van der Waals surface area contributed by atoms with Crippen LogP contribution in [0.15, 0.2) is 174 Å². The van der Waals surface area contributed by atoms with E-state index in [0.29, 0.717) is 0 Å². The molecule has 11 rings (SSSR count). The molecule has 0 bridgehead atoms. The molecule has 2 heterocycles. The fraction of sp³-hybridized carbons (Fsp3) is 0.0612. The lowest BCUT2D eigenvalue weighted by atomic mass is 9.81. The van der Waals surface area contributed by atoms with Crippen molar-refractivity contribution in [2.75, 3.05) is 4.90 Å². The average Bonchev–Trinajstić information content (AvgIpc) is 3.80. The van der Waals surface area contributed by atoms with Gasteiger partial charge in [-0.15, -0.1) is 0 Å². The molecule has 0 saturated heterocycles. The maximum absolute atomic E-state index is 6.37. The first kappa shape index (κ1) is 29.2. The van der Waals surface area contributed by atoms with Crippen molar-refractivity contribution in [2.24, 2.45) is 0 Å². The molecule has 52 heavy (non-hydrogen) atoms. The molecule has 1 aliphatic rings. The zero-order chi connectivity index (χ0) is 34.6. The molecule has 2 aromatic heterocycles. The number of nitrogens with zero attached hydrogens (tertiary/aromatic N) is 2. The van der Waals surface area contributed by atoms with Crippen LogP contribution in [-0.2, 0) is 5.41 Å². The van der Waals surface area contributed by atoms with Gasteiger partial charge in [0.05, 0.1) is 16.7 Å². The first-order valence-electron chi connectivity index (χ1n) is 18.0. The van der Waals surface area contributed by atoms with Gasteiger partial charge in [-0.25, -0.2) is 0 Å². The summed E-state index contributed by atoms with van der Waals surface area (Å²) in [7, 11) is 0. The van der Waals surface area contributed by atoms with Gasteiger partial charge < -0.3 is 13.9 Å². The highest BCUT2D eigenvalue weighted by Gasteiger charge is 2.38. The highest BCUT2D eigenvalue weighted by Crippen LogP contribution is 2.54. The number of hydrogen-bond acceptors (Lipinski definition) is 2. The Morgan fingerprint density at radius 1 is 0.442 bits per heavy atom. The van der Waals surface area contributed by atoms with Crippen molar-refractivity contribution >= 4 is 71.6 Å². The van der Waals surface area contributed by atoms with Gasteiger partial charge in [0.2, 0.25) is 0 Å². The van der Waals surface area contributed by atoms with Gasteiger partial charge in [-0.3, -0.25) is 0 Å². The Hall–Kier alpha value is -6.58. The lowest BCUT2D eigenvalue weighted by Crippen LogP contribution is -2.17. The van der Waals surface area contributed by atoms with Crippen LogP contribution in [0.1, 0.15) is 25.0 Å². The Kier molecular flexibility index (Phi) is 6.01. The van der Waals surface area contributed by atoms with Crippen LogP contribution in [0.2, 0.25) is 0 Å². The van der Waals surface area contributed by atoms with Gasteiger partial charge in [0.1, 0.15) is 11.2 Å². The molecule has 3 nitrogen and oxygen atoms in total. The second kappa shape index (κ2) is 10.7. The van der Waals surface area contributed by atoms with E-state index in [2.05, 4.69) is 181 Å². The SMILES string of the molecule is CC1(C)c2cc(N(c3ccccc3)c3ccc4c(c3)oc3ccccc34)ccc2-c2c1cc(-n1c3ccccc3c3ccccc31)c1ccccc21. The van der Waals surface area contributed by atoms with Crippen molar-refractivity contribution in [1.29, 1.82) is 0 Å². The highest BCUT2D eigenvalue weighted by atomic mass is 16.3. The topological polar surface area (TPSA) is 21.3 Å². The maximum Gasteiger partial charge on any atom is 0.137 e. The van der Waals surface area contributed by atoms with Gasteiger partial charge in [-0.2, -0.15) is 0 Å². The number of aromatic nitrogens is 1. The van der Waals surface area contributed by atoms with Gasteiger partial charge in [0.25, 0.3) is 0 Å². The predicted octanol–water partition coefficient (Wildman–Crippen LogP) is 13.6. The van der Waals surface area contributed by atoms with E-state index in [0.717, 1.165) is 39.0 Å². The van der Waals surface area contributed by atoms with E-state index >= 15 is 0 Å². The number of para-hydroxylation sites is 4. The van der Waals surface area contributed by atoms with Crippen molar-refractivity contribution < 1.29 is 4.42 Å². The Morgan fingerprint density at radius 2 is 1.02 bits per heavy atom. The van der Waals surface area contributed by atoms with Gasteiger partial charge in [0.15, 0.2) is 0 Å². The minimum atomic E-state index is -0.247. The lowest BCUT2D eigenvalue weighted by molar-refractivity contribution is 0.660. The van der Waals surface area contributed by atoms with Gasteiger partial charge in [0, 0.05) is 55.5 Å². The molecule has 3 heteroatoms. The smallest absolute Gasteiger partial charge is 0.137 e. The van der Waals surface area contributed by atoms with E-state index in [1.54, 1.807) is 0 Å². The summed E-state index contributed by atoms with van der Waals surface area (Å²) in [6.45, 7) is 4.78. The van der Waals surface area contributed by atoms with Crippen molar-refractivity contribution in [3.05, 3.63) is 181 Å². The van der Waals surface area contributed by atoms with Crippen molar-refractivity contribution in [3.8, 4) is 16.8 Å².